The van der Waals surface area contributed by atoms with Gasteiger partial charge in [-0.05, 0) is 38.4 Å². The molecule has 0 bridgehead atoms. The minimum Gasteiger partial charge on any atom is -0.507 e. The van der Waals surface area contributed by atoms with E-state index >= 15 is 0 Å². The van der Waals surface area contributed by atoms with Gasteiger partial charge in [0.2, 0.25) is 10.0 Å². The van der Waals surface area contributed by atoms with Crippen LogP contribution in [0.5, 0.6) is 5.75 Å². The SMILES string of the molecule is CC1CN2CCCCC2CN1S(=O)(=O)c1ccccc1O. The van der Waals surface area contributed by atoms with Crippen LogP contribution < -0.4 is 0 Å². The number of phenols is 1. The lowest BCUT2D eigenvalue weighted by molar-refractivity contribution is 0.0564. The predicted molar refractivity (Wildman–Crippen MR) is 80.7 cm³/mol. The summed E-state index contributed by atoms with van der Waals surface area (Å²) < 4.78 is 27.2. The van der Waals surface area contributed by atoms with Crippen molar-refractivity contribution in [2.24, 2.45) is 0 Å². The van der Waals surface area contributed by atoms with E-state index in [1.54, 1.807) is 16.4 Å². The Morgan fingerprint density at radius 3 is 2.71 bits per heavy atom. The van der Waals surface area contributed by atoms with Gasteiger partial charge in [-0.2, -0.15) is 4.31 Å². The average molecular weight is 310 g/mol. The van der Waals surface area contributed by atoms with Crippen LogP contribution in [0.4, 0.5) is 0 Å². The highest BCUT2D eigenvalue weighted by Gasteiger charge is 2.39. The van der Waals surface area contributed by atoms with E-state index in [0.29, 0.717) is 12.6 Å². The third-order valence-electron chi connectivity index (χ3n) is 4.58. The van der Waals surface area contributed by atoms with Crippen molar-refractivity contribution in [2.75, 3.05) is 19.6 Å². The molecule has 0 aromatic heterocycles. The van der Waals surface area contributed by atoms with Gasteiger partial charge in [-0.3, -0.25) is 4.90 Å². The van der Waals surface area contributed by atoms with Crippen molar-refractivity contribution in [3.8, 4) is 5.75 Å². The van der Waals surface area contributed by atoms with E-state index in [1.807, 2.05) is 6.92 Å². The summed E-state index contributed by atoms with van der Waals surface area (Å²) in [5, 5.41) is 9.88. The van der Waals surface area contributed by atoms with Gasteiger partial charge in [-0.15, -0.1) is 0 Å². The van der Waals surface area contributed by atoms with Gasteiger partial charge in [0.15, 0.2) is 0 Å². The zero-order valence-corrected chi connectivity index (χ0v) is 13.1. The molecular weight excluding hydrogens is 288 g/mol. The number of para-hydroxylation sites is 1. The predicted octanol–water partition coefficient (Wildman–Crippen LogP) is 1.64. The topological polar surface area (TPSA) is 60.9 Å². The Morgan fingerprint density at radius 2 is 1.95 bits per heavy atom. The standard InChI is InChI=1S/C15H22N2O3S/c1-12-10-16-9-5-4-6-13(16)11-17(12)21(19,20)15-8-3-2-7-14(15)18/h2-3,7-8,12-13,18H,4-6,9-11H2,1H3. The van der Waals surface area contributed by atoms with Gasteiger partial charge in [0.1, 0.15) is 10.6 Å². The molecule has 0 amide bonds. The van der Waals surface area contributed by atoms with Crippen molar-refractivity contribution in [1.29, 1.82) is 0 Å². The summed E-state index contributed by atoms with van der Waals surface area (Å²) in [6.45, 7) is 4.32. The smallest absolute Gasteiger partial charge is 0.247 e. The first-order valence-electron chi connectivity index (χ1n) is 7.54. The summed E-state index contributed by atoms with van der Waals surface area (Å²) in [6.07, 6.45) is 3.43. The van der Waals surface area contributed by atoms with Crippen LogP contribution in [0.15, 0.2) is 29.2 Å². The first-order valence-corrected chi connectivity index (χ1v) is 8.98. The fourth-order valence-corrected chi connectivity index (χ4v) is 5.21. The molecule has 2 saturated heterocycles. The Kier molecular flexibility index (Phi) is 3.94. The van der Waals surface area contributed by atoms with E-state index in [2.05, 4.69) is 4.90 Å². The maximum Gasteiger partial charge on any atom is 0.247 e. The monoisotopic (exact) mass is 310 g/mol. The number of nitrogens with zero attached hydrogens (tertiary/aromatic N) is 2. The van der Waals surface area contributed by atoms with Crippen LogP contribution in [-0.4, -0.2) is 54.4 Å². The minimum atomic E-state index is -3.64. The third-order valence-corrected chi connectivity index (χ3v) is 6.61. The number of aromatic hydroxyl groups is 1. The molecule has 116 valence electrons. The number of rotatable bonds is 2. The van der Waals surface area contributed by atoms with E-state index in [0.717, 1.165) is 19.5 Å². The van der Waals surface area contributed by atoms with E-state index in [4.69, 9.17) is 0 Å². The summed E-state index contributed by atoms with van der Waals surface area (Å²) in [4.78, 5) is 2.42. The molecular formula is C15H22N2O3S. The normalized spacial score (nSPS) is 28.2. The van der Waals surface area contributed by atoms with Crippen LogP contribution in [0.25, 0.3) is 0 Å². The number of piperazine rings is 1. The van der Waals surface area contributed by atoms with Gasteiger partial charge < -0.3 is 5.11 Å². The summed E-state index contributed by atoms with van der Waals surface area (Å²) in [5.41, 5.74) is 0. The largest absolute Gasteiger partial charge is 0.507 e. The Morgan fingerprint density at radius 1 is 1.19 bits per heavy atom. The highest BCUT2D eigenvalue weighted by Crippen LogP contribution is 2.31. The molecule has 6 heteroatoms. The lowest BCUT2D eigenvalue weighted by Crippen LogP contribution is -2.59. The molecule has 3 rings (SSSR count). The maximum atomic E-state index is 12.8. The summed E-state index contributed by atoms with van der Waals surface area (Å²) in [7, 11) is -3.64. The van der Waals surface area contributed by atoms with Crippen LogP contribution in [0.3, 0.4) is 0 Å². The molecule has 2 heterocycles. The molecule has 0 spiro atoms. The molecule has 2 unspecified atom stereocenters. The van der Waals surface area contributed by atoms with Gasteiger partial charge in [-0.25, -0.2) is 8.42 Å². The quantitative estimate of drug-likeness (QED) is 0.902. The molecule has 0 radical (unpaired) electrons. The van der Waals surface area contributed by atoms with E-state index in [-0.39, 0.29) is 16.7 Å². The van der Waals surface area contributed by atoms with Gasteiger partial charge in [0, 0.05) is 25.2 Å². The summed E-state index contributed by atoms with van der Waals surface area (Å²) in [6, 6.07) is 6.43. The molecule has 1 N–H and O–H groups in total. The molecule has 5 nitrogen and oxygen atoms in total. The van der Waals surface area contributed by atoms with Crippen LogP contribution in [-0.2, 0) is 10.0 Å². The summed E-state index contributed by atoms with van der Waals surface area (Å²) in [5.74, 6) is -0.171. The molecule has 0 aliphatic carbocycles. The molecule has 2 atom stereocenters. The van der Waals surface area contributed by atoms with Crippen LogP contribution in [0, 0.1) is 0 Å². The zero-order valence-electron chi connectivity index (χ0n) is 12.3. The maximum absolute atomic E-state index is 12.8. The number of benzene rings is 1. The van der Waals surface area contributed by atoms with Crippen LogP contribution >= 0.6 is 0 Å². The van der Waals surface area contributed by atoms with E-state index < -0.39 is 10.0 Å². The first-order chi connectivity index (χ1) is 10.00. The van der Waals surface area contributed by atoms with Crippen molar-refractivity contribution in [1.82, 2.24) is 9.21 Å². The molecule has 2 fully saturated rings. The first kappa shape index (κ1) is 14.8. The van der Waals surface area contributed by atoms with Crippen LogP contribution in [0.1, 0.15) is 26.2 Å². The Bertz CT molecular complexity index is 617. The number of sulfonamides is 1. The van der Waals surface area contributed by atoms with E-state index in [1.165, 1.54) is 25.0 Å². The minimum absolute atomic E-state index is 0.0149. The second kappa shape index (κ2) is 5.59. The van der Waals surface area contributed by atoms with E-state index in [9.17, 15) is 13.5 Å². The molecule has 2 aliphatic rings. The molecule has 1 aromatic carbocycles. The number of piperidine rings is 1. The average Bonchev–Trinajstić information content (AvgIpc) is 2.46. The Hall–Kier alpha value is -1.11. The lowest BCUT2D eigenvalue weighted by atomic mass is 9.99. The highest BCUT2D eigenvalue weighted by atomic mass is 32.2. The second-order valence-electron chi connectivity index (χ2n) is 6.04. The summed E-state index contributed by atoms with van der Waals surface area (Å²) >= 11 is 0. The number of fused-ring (bicyclic) bond motifs is 1. The third kappa shape index (κ3) is 2.67. The second-order valence-corrected chi connectivity index (χ2v) is 7.89. The van der Waals surface area contributed by atoms with Crippen molar-refractivity contribution in [2.45, 2.75) is 43.2 Å². The zero-order chi connectivity index (χ0) is 15.0. The van der Waals surface area contributed by atoms with Gasteiger partial charge in [0.25, 0.3) is 0 Å². The van der Waals surface area contributed by atoms with Crippen molar-refractivity contribution >= 4 is 10.0 Å². The molecule has 1 aromatic rings. The number of hydrogen-bond donors (Lipinski definition) is 1. The van der Waals surface area contributed by atoms with Gasteiger partial charge in [0.05, 0.1) is 0 Å². The fraction of sp³-hybridized carbons (Fsp3) is 0.600. The number of phenolic OH excluding ortho intramolecular Hbond substituents is 1. The molecule has 2 aliphatic heterocycles. The van der Waals surface area contributed by atoms with Crippen molar-refractivity contribution in [3.63, 3.8) is 0 Å². The highest BCUT2D eigenvalue weighted by molar-refractivity contribution is 7.89. The number of hydrogen-bond acceptors (Lipinski definition) is 4. The fourth-order valence-electron chi connectivity index (χ4n) is 3.46. The van der Waals surface area contributed by atoms with Crippen molar-refractivity contribution < 1.29 is 13.5 Å². The Labute approximate surface area is 126 Å². The van der Waals surface area contributed by atoms with Crippen LogP contribution in [0.2, 0.25) is 0 Å². The Balaban J connectivity index is 1.90. The van der Waals surface area contributed by atoms with Gasteiger partial charge >= 0.3 is 0 Å². The molecule has 0 saturated carbocycles. The lowest BCUT2D eigenvalue weighted by Gasteiger charge is -2.46. The van der Waals surface area contributed by atoms with Gasteiger partial charge in [-0.1, -0.05) is 18.6 Å². The van der Waals surface area contributed by atoms with Crippen molar-refractivity contribution in [3.05, 3.63) is 24.3 Å². The molecule has 21 heavy (non-hydrogen) atoms.